The average molecular weight is 282 g/mol. The van der Waals surface area contributed by atoms with Gasteiger partial charge in [-0.2, -0.15) is 0 Å². The molecule has 7 heteroatoms. The van der Waals surface area contributed by atoms with Crippen molar-refractivity contribution < 1.29 is 13.9 Å². The van der Waals surface area contributed by atoms with Gasteiger partial charge in [0.25, 0.3) is 0 Å². The van der Waals surface area contributed by atoms with E-state index in [4.69, 9.17) is 9.15 Å². The van der Waals surface area contributed by atoms with Crippen LogP contribution in [0.4, 0.5) is 0 Å². The number of methoxy groups -OCH3 is 1. The highest BCUT2D eigenvalue weighted by Crippen LogP contribution is 2.29. The Morgan fingerprint density at radius 3 is 2.90 bits per heavy atom. The minimum Gasteiger partial charge on any atom is -0.414 e. The number of likely N-dealkylation sites (tertiary alicyclic amines) is 1. The van der Waals surface area contributed by atoms with Crippen molar-refractivity contribution in [2.24, 2.45) is 5.41 Å². The van der Waals surface area contributed by atoms with Gasteiger partial charge < -0.3 is 19.0 Å². The number of nitrogens with zero attached hydrogens (tertiary/aromatic N) is 4. The van der Waals surface area contributed by atoms with Crippen LogP contribution in [0.3, 0.4) is 0 Å². The van der Waals surface area contributed by atoms with Gasteiger partial charge in [0.05, 0.1) is 0 Å². The van der Waals surface area contributed by atoms with E-state index < -0.39 is 0 Å². The maximum atomic E-state index is 12.2. The van der Waals surface area contributed by atoms with Crippen LogP contribution >= 0.6 is 0 Å². The molecule has 0 radical (unpaired) electrons. The molecule has 2 rings (SSSR count). The van der Waals surface area contributed by atoms with Crippen LogP contribution in [0.1, 0.15) is 29.9 Å². The highest BCUT2D eigenvalue weighted by Gasteiger charge is 2.35. The van der Waals surface area contributed by atoms with Crippen molar-refractivity contribution in [2.75, 3.05) is 40.8 Å². The summed E-state index contributed by atoms with van der Waals surface area (Å²) < 4.78 is 10.2. The predicted molar refractivity (Wildman–Crippen MR) is 72.2 cm³/mol. The van der Waals surface area contributed by atoms with Gasteiger partial charge in [0, 0.05) is 27.2 Å². The minimum absolute atomic E-state index is 0.0227. The molecule has 0 saturated carbocycles. The molecule has 1 saturated heterocycles. The Hall–Kier alpha value is -1.47. The lowest BCUT2D eigenvalue weighted by Gasteiger charge is -2.29. The number of amides is 1. The third-order valence-corrected chi connectivity index (χ3v) is 3.63. The second kappa shape index (κ2) is 5.88. The van der Waals surface area contributed by atoms with Crippen LogP contribution in [0.15, 0.2) is 4.42 Å². The summed E-state index contributed by atoms with van der Waals surface area (Å²) in [7, 11) is 5.41. The molecule has 1 unspecified atom stereocenters. The Morgan fingerprint density at radius 1 is 1.55 bits per heavy atom. The topological polar surface area (TPSA) is 71.7 Å². The van der Waals surface area contributed by atoms with Crippen molar-refractivity contribution in [3.05, 3.63) is 11.8 Å². The second-order valence-corrected chi connectivity index (χ2v) is 5.89. The quantitative estimate of drug-likeness (QED) is 0.789. The molecule has 0 aromatic carbocycles. The van der Waals surface area contributed by atoms with Gasteiger partial charge in [0.1, 0.15) is 6.61 Å². The van der Waals surface area contributed by atoms with E-state index in [1.54, 1.807) is 11.9 Å². The molecule has 2 heterocycles. The van der Waals surface area contributed by atoms with Gasteiger partial charge >= 0.3 is 11.8 Å². The smallest absolute Gasteiger partial charge is 0.311 e. The molecule has 1 aromatic heterocycles. The summed E-state index contributed by atoms with van der Waals surface area (Å²) in [6, 6.07) is 0. The van der Waals surface area contributed by atoms with Crippen molar-refractivity contribution in [1.29, 1.82) is 0 Å². The lowest BCUT2D eigenvalue weighted by Crippen LogP contribution is -2.38. The Labute approximate surface area is 118 Å². The maximum absolute atomic E-state index is 12.2. The van der Waals surface area contributed by atoms with Gasteiger partial charge in [0.15, 0.2) is 0 Å². The lowest BCUT2D eigenvalue weighted by atomic mass is 9.89. The summed E-state index contributed by atoms with van der Waals surface area (Å²) in [5.41, 5.74) is 0.120. The van der Waals surface area contributed by atoms with E-state index in [9.17, 15) is 4.79 Å². The molecule has 1 aliphatic rings. The van der Waals surface area contributed by atoms with Gasteiger partial charge in [0.2, 0.25) is 5.89 Å². The van der Waals surface area contributed by atoms with Crippen molar-refractivity contribution in [3.63, 3.8) is 0 Å². The van der Waals surface area contributed by atoms with Crippen molar-refractivity contribution >= 4 is 5.91 Å². The molecule has 1 aromatic rings. The maximum Gasteiger partial charge on any atom is 0.311 e. The molecule has 1 aliphatic heterocycles. The standard InChI is InChI=1S/C13H22N4O3/c1-13(5-6-16(2)8-13)9-17(3)12(18)11-15-14-10(20-11)7-19-4/h5-9H2,1-4H3. The fourth-order valence-corrected chi connectivity index (χ4v) is 2.73. The fourth-order valence-electron chi connectivity index (χ4n) is 2.73. The first kappa shape index (κ1) is 14.9. The monoisotopic (exact) mass is 282 g/mol. The molecular formula is C13H22N4O3. The van der Waals surface area contributed by atoms with E-state index in [0.29, 0.717) is 12.4 Å². The molecular weight excluding hydrogens is 260 g/mol. The van der Waals surface area contributed by atoms with Gasteiger partial charge in [-0.25, -0.2) is 0 Å². The van der Waals surface area contributed by atoms with Crippen LogP contribution in [0.5, 0.6) is 0 Å². The van der Waals surface area contributed by atoms with Gasteiger partial charge in [-0.3, -0.25) is 4.79 Å². The number of carbonyl (C=O) groups is 1. The minimum atomic E-state index is -0.240. The molecule has 1 amide bonds. The van der Waals surface area contributed by atoms with E-state index in [0.717, 1.165) is 19.5 Å². The Morgan fingerprint density at radius 2 is 2.30 bits per heavy atom. The largest absolute Gasteiger partial charge is 0.414 e. The molecule has 7 nitrogen and oxygen atoms in total. The average Bonchev–Trinajstić information content (AvgIpc) is 2.96. The first-order valence-electron chi connectivity index (χ1n) is 6.69. The summed E-state index contributed by atoms with van der Waals surface area (Å²) in [6.45, 7) is 5.15. The van der Waals surface area contributed by atoms with Gasteiger partial charge in [-0.1, -0.05) is 6.92 Å². The summed E-state index contributed by atoms with van der Waals surface area (Å²) in [6.07, 6.45) is 1.08. The van der Waals surface area contributed by atoms with Crippen LogP contribution in [0, 0.1) is 5.41 Å². The van der Waals surface area contributed by atoms with Crippen molar-refractivity contribution in [2.45, 2.75) is 20.0 Å². The SMILES string of the molecule is COCc1nnc(C(=O)N(C)CC2(C)CCN(C)C2)o1. The van der Waals surface area contributed by atoms with Gasteiger partial charge in [-0.15, -0.1) is 10.2 Å². The summed E-state index contributed by atoms with van der Waals surface area (Å²) in [4.78, 5) is 16.2. The Kier molecular flexibility index (Phi) is 4.39. The zero-order valence-electron chi connectivity index (χ0n) is 12.5. The van der Waals surface area contributed by atoms with Crippen molar-refractivity contribution in [1.82, 2.24) is 20.0 Å². The van der Waals surface area contributed by atoms with Crippen LogP contribution in [0.2, 0.25) is 0 Å². The molecule has 1 atom stereocenters. The fraction of sp³-hybridized carbons (Fsp3) is 0.769. The second-order valence-electron chi connectivity index (χ2n) is 5.89. The zero-order chi connectivity index (χ0) is 14.8. The number of carbonyl (C=O) groups excluding carboxylic acids is 1. The summed E-state index contributed by atoms with van der Waals surface area (Å²) in [5, 5.41) is 7.54. The normalized spacial score (nSPS) is 23.2. The zero-order valence-corrected chi connectivity index (χ0v) is 12.5. The van der Waals surface area contributed by atoms with Crippen LogP contribution < -0.4 is 0 Å². The highest BCUT2D eigenvalue weighted by molar-refractivity contribution is 5.89. The Bertz CT molecular complexity index is 476. The van der Waals surface area contributed by atoms with Crippen LogP contribution in [-0.4, -0.2) is 66.7 Å². The number of aromatic nitrogens is 2. The predicted octanol–water partition coefficient (Wildman–Crippen LogP) is 0.630. The number of ether oxygens (including phenoxy) is 1. The van der Waals surface area contributed by atoms with Crippen molar-refractivity contribution in [3.8, 4) is 0 Å². The summed E-state index contributed by atoms with van der Waals surface area (Å²) in [5.74, 6) is 0.0983. The third kappa shape index (κ3) is 3.34. The van der Waals surface area contributed by atoms with E-state index >= 15 is 0 Å². The molecule has 0 bridgehead atoms. The molecule has 112 valence electrons. The van der Waals surface area contributed by atoms with E-state index in [1.165, 1.54) is 7.11 Å². The lowest BCUT2D eigenvalue weighted by molar-refractivity contribution is 0.0683. The van der Waals surface area contributed by atoms with Crippen LogP contribution in [-0.2, 0) is 11.3 Å². The van der Waals surface area contributed by atoms with E-state index in [2.05, 4.69) is 29.1 Å². The highest BCUT2D eigenvalue weighted by atomic mass is 16.5. The first-order chi connectivity index (χ1) is 9.43. The Balaban J connectivity index is 1.97. The molecule has 0 N–H and O–H groups in total. The molecule has 1 fully saturated rings. The van der Waals surface area contributed by atoms with E-state index in [1.807, 2.05) is 0 Å². The number of hydrogen-bond acceptors (Lipinski definition) is 6. The third-order valence-electron chi connectivity index (χ3n) is 3.63. The molecule has 0 spiro atoms. The first-order valence-corrected chi connectivity index (χ1v) is 6.69. The molecule has 20 heavy (non-hydrogen) atoms. The van der Waals surface area contributed by atoms with Crippen LogP contribution in [0.25, 0.3) is 0 Å². The van der Waals surface area contributed by atoms with E-state index in [-0.39, 0.29) is 23.8 Å². The number of hydrogen-bond donors (Lipinski definition) is 0. The molecule has 0 aliphatic carbocycles. The van der Waals surface area contributed by atoms with Gasteiger partial charge in [-0.05, 0) is 25.4 Å². The summed E-state index contributed by atoms with van der Waals surface area (Å²) >= 11 is 0. The number of rotatable bonds is 5.